The number of aromatic carboxylic acids is 1. The molecule has 0 saturated heterocycles. The average molecular weight is 290 g/mol. The quantitative estimate of drug-likeness (QED) is 0.736. The molecule has 2 aromatic rings. The van der Waals surface area contributed by atoms with Crippen LogP contribution in [-0.4, -0.2) is 17.7 Å². The Hall–Kier alpha value is -2.76. The van der Waals surface area contributed by atoms with Crippen LogP contribution in [0.15, 0.2) is 36.4 Å². The van der Waals surface area contributed by atoms with Gasteiger partial charge >= 0.3 is 5.97 Å². The molecule has 0 aliphatic heterocycles. The van der Waals surface area contributed by atoms with E-state index in [4.69, 9.17) is 15.6 Å². The van der Waals surface area contributed by atoms with Gasteiger partial charge in [0.15, 0.2) is 11.6 Å². The van der Waals surface area contributed by atoms with Gasteiger partial charge in [0.25, 0.3) is 0 Å². The van der Waals surface area contributed by atoms with Crippen LogP contribution in [-0.2, 0) is 0 Å². The summed E-state index contributed by atoms with van der Waals surface area (Å²) < 4.78 is 18.9. The zero-order chi connectivity index (χ0) is 15.4. The van der Waals surface area contributed by atoms with Crippen LogP contribution >= 0.6 is 0 Å². The normalized spacial score (nSPS) is 10.2. The Kier molecular flexibility index (Phi) is 4.27. The molecule has 0 atom stereocenters. The fourth-order valence-electron chi connectivity index (χ4n) is 1.87. The molecule has 0 fully saturated rings. The minimum absolute atomic E-state index is 0.00796. The van der Waals surface area contributed by atoms with Crippen LogP contribution in [0, 0.1) is 5.82 Å². The minimum Gasteiger partial charge on any atom is -0.491 e. The SMILES string of the molecule is CCOc1ccc(Nc2cccc(C(=O)O)c2N)cc1F. The third-order valence-corrected chi connectivity index (χ3v) is 2.85. The summed E-state index contributed by atoms with van der Waals surface area (Å²) >= 11 is 0. The summed E-state index contributed by atoms with van der Waals surface area (Å²) in [5.74, 6) is -1.46. The molecule has 0 heterocycles. The fraction of sp³-hybridized carbons (Fsp3) is 0.133. The maximum Gasteiger partial charge on any atom is 0.337 e. The number of rotatable bonds is 5. The number of ether oxygens (including phenoxy) is 1. The van der Waals surface area contributed by atoms with Gasteiger partial charge in [0, 0.05) is 11.8 Å². The van der Waals surface area contributed by atoms with Crippen molar-refractivity contribution < 1.29 is 19.0 Å². The fourth-order valence-corrected chi connectivity index (χ4v) is 1.87. The Morgan fingerprint density at radius 3 is 2.76 bits per heavy atom. The van der Waals surface area contributed by atoms with Crippen LogP contribution in [0.2, 0.25) is 0 Å². The van der Waals surface area contributed by atoms with E-state index < -0.39 is 11.8 Å². The molecule has 0 aliphatic carbocycles. The molecule has 0 aliphatic rings. The van der Waals surface area contributed by atoms with Crippen molar-refractivity contribution in [3.05, 3.63) is 47.8 Å². The lowest BCUT2D eigenvalue weighted by Gasteiger charge is -2.12. The van der Waals surface area contributed by atoms with E-state index in [1.54, 1.807) is 25.1 Å². The molecule has 5 nitrogen and oxygen atoms in total. The molecule has 6 heteroatoms. The Labute approximate surface area is 121 Å². The Bertz CT molecular complexity index is 674. The third kappa shape index (κ3) is 3.22. The topological polar surface area (TPSA) is 84.6 Å². The number of nitrogens with two attached hydrogens (primary N) is 1. The highest BCUT2D eigenvalue weighted by Crippen LogP contribution is 2.28. The molecule has 2 aromatic carbocycles. The van der Waals surface area contributed by atoms with Gasteiger partial charge in [0.1, 0.15) is 0 Å². The third-order valence-electron chi connectivity index (χ3n) is 2.85. The number of carboxylic acids is 1. The first kappa shape index (κ1) is 14.6. The van der Waals surface area contributed by atoms with E-state index in [0.29, 0.717) is 18.0 Å². The molecule has 2 rings (SSSR count). The summed E-state index contributed by atoms with van der Waals surface area (Å²) in [6, 6.07) is 8.97. The van der Waals surface area contributed by atoms with Gasteiger partial charge < -0.3 is 20.9 Å². The van der Waals surface area contributed by atoms with Crippen LogP contribution in [0.4, 0.5) is 21.5 Å². The van der Waals surface area contributed by atoms with Crippen molar-refractivity contribution in [3.8, 4) is 5.75 Å². The second kappa shape index (κ2) is 6.13. The molecule has 21 heavy (non-hydrogen) atoms. The van der Waals surface area contributed by atoms with Gasteiger partial charge in [-0.25, -0.2) is 9.18 Å². The zero-order valence-electron chi connectivity index (χ0n) is 11.4. The molecule has 4 N–H and O–H groups in total. The number of carboxylic acid groups (broad SMARTS) is 1. The van der Waals surface area contributed by atoms with Crippen molar-refractivity contribution in [2.75, 3.05) is 17.7 Å². The van der Waals surface area contributed by atoms with Gasteiger partial charge in [0.2, 0.25) is 0 Å². The largest absolute Gasteiger partial charge is 0.491 e. The molecular weight excluding hydrogens is 275 g/mol. The van der Waals surface area contributed by atoms with Gasteiger partial charge in [-0.15, -0.1) is 0 Å². The van der Waals surface area contributed by atoms with Gasteiger partial charge in [-0.2, -0.15) is 0 Å². The van der Waals surface area contributed by atoms with Crippen molar-refractivity contribution in [2.24, 2.45) is 0 Å². The molecule has 110 valence electrons. The number of nitrogen functional groups attached to an aromatic ring is 1. The van der Waals surface area contributed by atoms with E-state index in [0.717, 1.165) is 0 Å². The first-order valence-electron chi connectivity index (χ1n) is 6.34. The van der Waals surface area contributed by atoms with Crippen LogP contribution < -0.4 is 15.8 Å². The van der Waals surface area contributed by atoms with Crippen LogP contribution in [0.5, 0.6) is 5.75 Å². The number of carbonyl (C=O) groups is 1. The van der Waals surface area contributed by atoms with E-state index in [-0.39, 0.29) is 17.0 Å². The molecular formula is C15H15FN2O3. The predicted molar refractivity (Wildman–Crippen MR) is 78.7 cm³/mol. The zero-order valence-corrected chi connectivity index (χ0v) is 11.4. The number of halogens is 1. The first-order valence-corrected chi connectivity index (χ1v) is 6.34. The minimum atomic E-state index is -1.12. The van der Waals surface area contributed by atoms with E-state index in [2.05, 4.69) is 5.32 Å². The molecule has 0 saturated carbocycles. The van der Waals surface area contributed by atoms with E-state index >= 15 is 0 Å². The van der Waals surface area contributed by atoms with E-state index in [9.17, 15) is 9.18 Å². The lowest BCUT2D eigenvalue weighted by Crippen LogP contribution is -2.05. The summed E-state index contributed by atoms with van der Waals surface area (Å²) in [6.07, 6.45) is 0. The second-order valence-electron chi connectivity index (χ2n) is 4.28. The van der Waals surface area contributed by atoms with Crippen molar-refractivity contribution >= 4 is 23.0 Å². The van der Waals surface area contributed by atoms with Crippen LogP contribution in [0.1, 0.15) is 17.3 Å². The summed E-state index contributed by atoms with van der Waals surface area (Å²) in [6.45, 7) is 2.14. The maximum atomic E-state index is 13.8. The highest BCUT2D eigenvalue weighted by molar-refractivity contribution is 5.97. The molecule has 0 aromatic heterocycles. The predicted octanol–water partition coefficient (Wildman–Crippen LogP) is 3.25. The molecule has 0 radical (unpaired) electrons. The van der Waals surface area contributed by atoms with E-state index in [1.807, 2.05) is 0 Å². The highest BCUT2D eigenvalue weighted by Gasteiger charge is 2.12. The van der Waals surface area contributed by atoms with Gasteiger partial charge in [0.05, 0.1) is 23.5 Å². The highest BCUT2D eigenvalue weighted by atomic mass is 19.1. The standard InChI is InChI=1S/C15H15FN2O3/c1-2-21-13-7-6-9(8-11(13)16)18-12-5-3-4-10(14(12)17)15(19)20/h3-8,18H,2,17H2,1H3,(H,19,20). The smallest absolute Gasteiger partial charge is 0.337 e. The molecule has 0 bridgehead atoms. The molecule has 0 amide bonds. The lowest BCUT2D eigenvalue weighted by molar-refractivity contribution is 0.0698. The van der Waals surface area contributed by atoms with Crippen molar-refractivity contribution in [1.82, 2.24) is 0 Å². The Morgan fingerprint density at radius 1 is 1.38 bits per heavy atom. The van der Waals surface area contributed by atoms with E-state index in [1.165, 1.54) is 18.2 Å². The van der Waals surface area contributed by atoms with Crippen LogP contribution in [0.25, 0.3) is 0 Å². The number of nitrogens with one attached hydrogen (secondary N) is 1. The van der Waals surface area contributed by atoms with Crippen molar-refractivity contribution in [3.63, 3.8) is 0 Å². The number of benzene rings is 2. The number of hydrogen-bond donors (Lipinski definition) is 3. The van der Waals surface area contributed by atoms with Gasteiger partial charge in [-0.05, 0) is 31.2 Å². The summed E-state index contributed by atoms with van der Waals surface area (Å²) in [5, 5.41) is 11.9. The first-order chi connectivity index (χ1) is 10.0. The molecule has 0 unspecified atom stereocenters. The number of hydrogen-bond acceptors (Lipinski definition) is 4. The average Bonchev–Trinajstić information content (AvgIpc) is 2.44. The maximum absolute atomic E-state index is 13.8. The van der Waals surface area contributed by atoms with Crippen molar-refractivity contribution in [2.45, 2.75) is 6.92 Å². The van der Waals surface area contributed by atoms with Crippen LogP contribution in [0.3, 0.4) is 0 Å². The summed E-state index contributed by atoms with van der Waals surface area (Å²) in [4.78, 5) is 11.0. The Morgan fingerprint density at radius 2 is 2.14 bits per heavy atom. The summed E-state index contributed by atoms with van der Waals surface area (Å²) in [5.41, 5.74) is 6.73. The van der Waals surface area contributed by atoms with Gasteiger partial charge in [-0.1, -0.05) is 6.07 Å². The number of para-hydroxylation sites is 1. The Balaban J connectivity index is 2.28. The van der Waals surface area contributed by atoms with Gasteiger partial charge in [-0.3, -0.25) is 0 Å². The number of anilines is 3. The van der Waals surface area contributed by atoms with Crippen molar-refractivity contribution in [1.29, 1.82) is 0 Å². The lowest BCUT2D eigenvalue weighted by atomic mass is 10.1. The molecule has 0 spiro atoms. The monoisotopic (exact) mass is 290 g/mol. The summed E-state index contributed by atoms with van der Waals surface area (Å²) in [7, 11) is 0. The second-order valence-corrected chi connectivity index (χ2v) is 4.28.